The molecular formula is C19H20FN3O2S. The van der Waals surface area contributed by atoms with Crippen LogP contribution in [0.25, 0.3) is 16.2 Å². The van der Waals surface area contributed by atoms with E-state index >= 15 is 0 Å². The highest BCUT2D eigenvalue weighted by Crippen LogP contribution is 2.27. The number of thiazole rings is 1. The average molecular weight is 373 g/mol. The van der Waals surface area contributed by atoms with Crippen LogP contribution in [0.4, 0.5) is 4.39 Å². The summed E-state index contributed by atoms with van der Waals surface area (Å²) in [6.07, 6.45) is 3.46. The first kappa shape index (κ1) is 17.2. The molecule has 0 bridgehead atoms. The standard InChI is InChI=1S/C19H20FN3O2S/c1-2-22(13-7-9-25-10-8-13)18(24)17-12-26-19-21-16(11-23(17)19)14-5-3-4-6-15(14)20/h3-6,11-13H,2,7-10H2,1H3. The second-order valence-electron chi connectivity index (χ2n) is 6.31. The van der Waals surface area contributed by atoms with Crippen LogP contribution in [0.1, 0.15) is 30.3 Å². The topological polar surface area (TPSA) is 46.8 Å². The molecule has 1 aromatic carbocycles. The number of carbonyl (C=O) groups is 1. The van der Waals surface area contributed by atoms with Gasteiger partial charge in [0.05, 0.1) is 5.69 Å². The fourth-order valence-electron chi connectivity index (χ4n) is 3.45. The molecule has 3 aromatic rings. The summed E-state index contributed by atoms with van der Waals surface area (Å²) in [5.74, 6) is -0.327. The summed E-state index contributed by atoms with van der Waals surface area (Å²) in [6, 6.07) is 6.74. The molecule has 0 saturated carbocycles. The van der Waals surface area contributed by atoms with Crippen LogP contribution in [0, 0.1) is 5.82 Å². The Morgan fingerprint density at radius 1 is 1.38 bits per heavy atom. The summed E-state index contributed by atoms with van der Waals surface area (Å²) in [5, 5.41) is 1.83. The van der Waals surface area contributed by atoms with Gasteiger partial charge in [-0.25, -0.2) is 9.37 Å². The smallest absolute Gasteiger partial charge is 0.271 e. The second kappa shape index (κ2) is 7.17. The van der Waals surface area contributed by atoms with Crippen LogP contribution < -0.4 is 0 Å². The van der Waals surface area contributed by atoms with Crippen molar-refractivity contribution in [1.29, 1.82) is 0 Å². The van der Waals surface area contributed by atoms with Gasteiger partial charge in [0, 0.05) is 42.9 Å². The van der Waals surface area contributed by atoms with E-state index in [-0.39, 0.29) is 17.8 Å². The Bertz CT molecular complexity index is 930. The van der Waals surface area contributed by atoms with Gasteiger partial charge in [0.2, 0.25) is 0 Å². The molecule has 0 N–H and O–H groups in total. The summed E-state index contributed by atoms with van der Waals surface area (Å²) in [4.78, 5) is 20.2. The zero-order valence-corrected chi connectivity index (χ0v) is 15.3. The molecule has 5 nitrogen and oxygen atoms in total. The third-order valence-electron chi connectivity index (χ3n) is 4.81. The fraction of sp³-hybridized carbons (Fsp3) is 0.368. The van der Waals surface area contributed by atoms with Crippen molar-refractivity contribution in [2.45, 2.75) is 25.8 Å². The highest BCUT2D eigenvalue weighted by atomic mass is 32.1. The van der Waals surface area contributed by atoms with Crippen molar-refractivity contribution in [3.63, 3.8) is 0 Å². The normalized spacial score (nSPS) is 15.5. The lowest BCUT2D eigenvalue weighted by Gasteiger charge is -2.33. The van der Waals surface area contributed by atoms with E-state index in [2.05, 4.69) is 4.98 Å². The van der Waals surface area contributed by atoms with Crippen molar-refractivity contribution in [2.24, 2.45) is 0 Å². The van der Waals surface area contributed by atoms with Crippen LogP contribution in [-0.4, -0.2) is 46.0 Å². The quantitative estimate of drug-likeness (QED) is 0.698. The van der Waals surface area contributed by atoms with Gasteiger partial charge in [0.1, 0.15) is 11.5 Å². The van der Waals surface area contributed by atoms with Crippen molar-refractivity contribution in [2.75, 3.05) is 19.8 Å². The number of imidazole rings is 1. The maximum absolute atomic E-state index is 14.1. The first-order valence-electron chi connectivity index (χ1n) is 8.79. The number of carbonyl (C=O) groups excluding carboxylic acids is 1. The molecule has 0 atom stereocenters. The van der Waals surface area contributed by atoms with Crippen LogP contribution in [0.2, 0.25) is 0 Å². The number of rotatable bonds is 4. The first-order chi connectivity index (χ1) is 12.7. The van der Waals surface area contributed by atoms with E-state index in [1.54, 1.807) is 28.8 Å². The molecule has 1 aliphatic heterocycles. The molecular weight excluding hydrogens is 353 g/mol. The van der Waals surface area contributed by atoms with Crippen molar-refractivity contribution in [3.05, 3.63) is 47.4 Å². The largest absolute Gasteiger partial charge is 0.381 e. The van der Waals surface area contributed by atoms with E-state index in [4.69, 9.17) is 4.74 Å². The Kier molecular flexibility index (Phi) is 4.74. The molecule has 0 unspecified atom stereocenters. The van der Waals surface area contributed by atoms with Gasteiger partial charge in [-0.3, -0.25) is 9.20 Å². The van der Waals surface area contributed by atoms with Crippen molar-refractivity contribution >= 4 is 22.2 Å². The number of halogens is 1. The average Bonchev–Trinajstić information content (AvgIpc) is 3.24. The molecule has 4 rings (SSSR count). The van der Waals surface area contributed by atoms with Gasteiger partial charge in [-0.1, -0.05) is 12.1 Å². The number of hydrogen-bond acceptors (Lipinski definition) is 4. The fourth-order valence-corrected chi connectivity index (χ4v) is 4.30. The molecule has 3 heterocycles. The predicted molar refractivity (Wildman–Crippen MR) is 99.0 cm³/mol. The van der Waals surface area contributed by atoms with E-state index in [0.717, 1.165) is 12.8 Å². The molecule has 7 heteroatoms. The number of amides is 1. The van der Waals surface area contributed by atoms with Crippen LogP contribution in [0.5, 0.6) is 0 Å². The Morgan fingerprint density at radius 2 is 2.15 bits per heavy atom. The first-order valence-corrected chi connectivity index (χ1v) is 9.67. The molecule has 0 aliphatic carbocycles. The van der Waals surface area contributed by atoms with E-state index in [0.29, 0.717) is 41.7 Å². The molecule has 0 radical (unpaired) electrons. The Morgan fingerprint density at radius 3 is 2.88 bits per heavy atom. The van der Waals surface area contributed by atoms with Gasteiger partial charge in [0.25, 0.3) is 5.91 Å². The predicted octanol–water partition coefficient (Wildman–Crippen LogP) is 3.84. The zero-order chi connectivity index (χ0) is 18.1. The third kappa shape index (κ3) is 3.01. The molecule has 1 fully saturated rings. The molecule has 2 aromatic heterocycles. The Hall–Kier alpha value is -2.25. The highest BCUT2D eigenvalue weighted by Gasteiger charge is 2.27. The van der Waals surface area contributed by atoms with Crippen molar-refractivity contribution in [3.8, 4) is 11.3 Å². The minimum Gasteiger partial charge on any atom is -0.381 e. The highest BCUT2D eigenvalue weighted by molar-refractivity contribution is 7.15. The second-order valence-corrected chi connectivity index (χ2v) is 7.15. The number of nitrogens with zero attached hydrogens (tertiary/aromatic N) is 3. The Balaban J connectivity index is 1.68. The van der Waals surface area contributed by atoms with E-state index in [1.807, 2.05) is 17.2 Å². The zero-order valence-electron chi connectivity index (χ0n) is 14.5. The van der Waals surface area contributed by atoms with Gasteiger partial charge in [-0.2, -0.15) is 0 Å². The van der Waals surface area contributed by atoms with Gasteiger partial charge in [-0.05, 0) is 31.9 Å². The Labute approximate surface area is 155 Å². The lowest BCUT2D eigenvalue weighted by Crippen LogP contribution is -2.43. The summed E-state index contributed by atoms with van der Waals surface area (Å²) in [7, 11) is 0. The van der Waals surface area contributed by atoms with Crippen LogP contribution in [-0.2, 0) is 4.74 Å². The van der Waals surface area contributed by atoms with Gasteiger partial charge >= 0.3 is 0 Å². The monoisotopic (exact) mass is 373 g/mol. The SMILES string of the molecule is CCN(C(=O)c1csc2nc(-c3ccccc3F)cn12)C1CCOCC1. The van der Waals surface area contributed by atoms with Crippen LogP contribution in [0.15, 0.2) is 35.8 Å². The van der Waals surface area contributed by atoms with Crippen LogP contribution in [0.3, 0.4) is 0 Å². The summed E-state index contributed by atoms with van der Waals surface area (Å²) in [5.41, 5.74) is 1.56. The summed E-state index contributed by atoms with van der Waals surface area (Å²) < 4.78 is 21.2. The number of fused-ring (bicyclic) bond motifs is 1. The number of benzene rings is 1. The molecule has 136 valence electrons. The van der Waals surface area contributed by atoms with Crippen molar-refractivity contribution in [1.82, 2.24) is 14.3 Å². The lowest BCUT2D eigenvalue weighted by atomic mass is 10.1. The molecule has 1 amide bonds. The third-order valence-corrected chi connectivity index (χ3v) is 5.65. The molecule has 1 saturated heterocycles. The van der Waals surface area contributed by atoms with Gasteiger partial charge in [0.15, 0.2) is 4.96 Å². The van der Waals surface area contributed by atoms with Gasteiger partial charge in [-0.15, -0.1) is 11.3 Å². The summed E-state index contributed by atoms with van der Waals surface area (Å²) >= 11 is 1.40. The number of ether oxygens (including phenoxy) is 1. The maximum atomic E-state index is 14.1. The minimum absolute atomic E-state index is 0.0110. The number of aromatic nitrogens is 2. The molecule has 1 aliphatic rings. The number of hydrogen-bond donors (Lipinski definition) is 0. The maximum Gasteiger partial charge on any atom is 0.271 e. The lowest BCUT2D eigenvalue weighted by molar-refractivity contribution is 0.0301. The van der Waals surface area contributed by atoms with Gasteiger partial charge < -0.3 is 9.64 Å². The minimum atomic E-state index is -0.316. The van der Waals surface area contributed by atoms with Crippen molar-refractivity contribution < 1.29 is 13.9 Å². The van der Waals surface area contributed by atoms with E-state index in [1.165, 1.54) is 17.4 Å². The molecule has 0 spiro atoms. The molecule has 26 heavy (non-hydrogen) atoms. The van der Waals surface area contributed by atoms with E-state index in [9.17, 15) is 9.18 Å². The van der Waals surface area contributed by atoms with E-state index < -0.39 is 0 Å². The summed E-state index contributed by atoms with van der Waals surface area (Å²) in [6.45, 7) is 4.03. The van der Waals surface area contributed by atoms with Crippen LogP contribution >= 0.6 is 11.3 Å².